The number of hydrogen-bond acceptors (Lipinski definition) is 4. The van der Waals surface area contributed by atoms with Crippen LogP contribution in [0.5, 0.6) is 0 Å². The van der Waals surface area contributed by atoms with E-state index in [1.165, 1.54) is 5.56 Å². The molecule has 126 valence electrons. The van der Waals surface area contributed by atoms with Crippen molar-refractivity contribution in [1.82, 2.24) is 0 Å². The summed E-state index contributed by atoms with van der Waals surface area (Å²) in [5.41, 5.74) is 14.1. The summed E-state index contributed by atoms with van der Waals surface area (Å²) in [6.45, 7) is 0. The topological polar surface area (TPSA) is 78.3 Å². The number of carbonyl (C=O) groups excluding carboxylic acids is 1. The van der Waals surface area contributed by atoms with Gasteiger partial charge in [0.15, 0.2) is 0 Å². The van der Waals surface area contributed by atoms with Gasteiger partial charge in [0.05, 0.1) is 5.56 Å². The van der Waals surface area contributed by atoms with Crippen LogP contribution in [-0.4, -0.2) is 12.1 Å². The van der Waals surface area contributed by atoms with Crippen LogP contribution >= 0.6 is 11.6 Å². The Balaban J connectivity index is 1.57. The van der Waals surface area contributed by atoms with Gasteiger partial charge in [0.1, 0.15) is 6.10 Å². The Morgan fingerprint density at radius 2 is 1.54 bits per heavy atom. The second-order valence-corrected chi connectivity index (χ2v) is 6.76. The van der Waals surface area contributed by atoms with E-state index < -0.39 is 0 Å². The summed E-state index contributed by atoms with van der Waals surface area (Å²) in [5.74, 6) is 0.143. The molecule has 5 heteroatoms. The zero-order valence-corrected chi connectivity index (χ0v) is 14.1. The zero-order chi connectivity index (χ0) is 17.1. The van der Waals surface area contributed by atoms with Gasteiger partial charge in [-0.05, 0) is 67.5 Å². The third-order valence-corrected chi connectivity index (χ3v) is 4.75. The molecule has 0 aromatic heterocycles. The summed E-state index contributed by atoms with van der Waals surface area (Å²) < 4.78 is 5.62. The van der Waals surface area contributed by atoms with Gasteiger partial charge in [-0.3, -0.25) is 0 Å². The highest BCUT2D eigenvalue weighted by atomic mass is 35.5. The molecule has 0 spiro atoms. The standard InChI is InChI=1S/C19H21ClN2O2/c20-15-5-1-12(2-6-15)13-3-7-18(8-4-13)24-19(23)14-9-16(21)11-17(22)10-14/h1-2,5-6,9-11,13,18H,3-4,7-8,21-22H2. The molecule has 2 aromatic carbocycles. The Morgan fingerprint density at radius 1 is 0.958 bits per heavy atom. The Bertz CT molecular complexity index is 702. The third kappa shape index (κ3) is 4.01. The number of esters is 1. The van der Waals surface area contributed by atoms with Gasteiger partial charge in [-0.15, -0.1) is 0 Å². The molecule has 1 fully saturated rings. The zero-order valence-electron chi connectivity index (χ0n) is 13.4. The first-order valence-electron chi connectivity index (χ1n) is 8.14. The van der Waals surface area contributed by atoms with E-state index in [0.29, 0.717) is 22.9 Å². The van der Waals surface area contributed by atoms with E-state index >= 15 is 0 Å². The molecular formula is C19H21ClN2O2. The van der Waals surface area contributed by atoms with E-state index in [1.807, 2.05) is 12.1 Å². The molecule has 1 aliphatic carbocycles. The number of nitrogen functional groups attached to an aromatic ring is 2. The predicted molar refractivity (Wildman–Crippen MR) is 97.1 cm³/mol. The van der Waals surface area contributed by atoms with Crippen molar-refractivity contribution >= 4 is 28.9 Å². The average Bonchev–Trinajstić information content (AvgIpc) is 2.55. The third-order valence-electron chi connectivity index (χ3n) is 4.50. The lowest BCUT2D eigenvalue weighted by atomic mass is 9.83. The molecule has 24 heavy (non-hydrogen) atoms. The van der Waals surface area contributed by atoms with Crippen molar-refractivity contribution in [3.63, 3.8) is 0 Å². The molecule has 4 N–H and O–H groups in total. The molecule has 4 nitrogen and oxygen atoms in total. The molecule has 1 aliphatic rings. The van der Waals surface area contributed by atoms with Crippen LogP contribution in [0.25, 0.3) is 0 Å². The number of ether oxygens (including phenoxy) is 1. The summed E-state index contributed by atoms with van der Waals surface area (Å²) >= 11 is 5.94. The molecule has 0 radical (unpaired) electrons. The van der Waals surface area contributed by atoms with Crippen LogP contribution in [0.2, 0.25) is 5.02 Å². The number of hydrogen-bond donors (Lipinski definition) is 2. The van der Waals surface area contributed by atoms with E-state index in [9.17, 15) is 4.79 Å². The molecular weight excluding hydrogens is 324 g/mol. The van der Waals surface area contributed by atoms with E-state index in [0.717, 1.165) is 30.7 Å². The Kier molecular flexibility index (Phi) is 4.95. The minimum absolute atomic E-state index is 0.0521. The van der Waals surface area contributed by atoms with Crippen LogP contribution in [0, 0.1) is 0 Å². The van der Waals surface area contributed by atoms with Crippen molar-refractivity contribution in [1.29, 1.82) is 0 Å². The van der Waals surface area contributed by atoms with E-state index in [4.69, 9.17) is 27.8 Å². The van der Waals surface area contributed by atoms with Gasteiger partial charge in [0.25, 0.3) is 0 Å². The monoisotopic (exact) mass is 344 g/mol. The maximum absolute atomic E-state index is 12.3. The number of halogens is 1. The van der Waals surface area contributed by atoms with Crippen LogP contribution < -0.4 is 11.5 Å². The first-order chi connectivity index (χ1) is 11.5. The maximum atomic E-state index is 12.3. The summed E-state index contributed by atoms with van der Waals surface area (Å²) in [5, 5.41) is 0.753. The molecule has 0 heterocycles. The van der Waals surface area contributed by atoms with Gasteiger partial charge in [-0.1, -0.05) is 23.7 Å². The fourth-order valence-corrected chi connectivity index (χ4v) is 3.39. The summed E-state index contributed by atoms with van der Waals surface area (Å²) in [6.07, 6.45) is 3.66. The fraction of sp³-hybridized carbons (Fsp3) is 0.316. The lowest BCUT2D eigenvalue weighted by Crippen LogP contribution is -2.24. The van der Waals surface area contributed by atoms with Gasteiger partial charge >= 0.3 is 5.97 Å². The second kappa shape index (κ2) is 7.14. The first kappa shape index (κ1) is 16.7. The largest absolute Gasteiger partial charge is 0.459 e. The highest BCUT2D eigenvalue weighted by Crippen LogP contribution is 2.34. The van der Waals surface area contributed by atoms with Crippen LogP contribution in [0.3, 0.4) is 0 Å². The number of rotatable bonds is 3. The molecule has 1 saturated carbocycles. The molecule has 0 aliphatic heterocycles. The molecule has 2 aromatic rings. The number of benzene rings is 2. The lowest BCUT2D eigenvalue weighted by Gasteiger charge is -2.28. The molecule has 0 unspecified atom stereocenters. The van der Waals surface area contributed by atoms with E-state index in [-0.39, 0.29) is 12.1 Å². The van der Waals surface area contributed by atoms with Crippen LogP contribution in [0.15, 0.2) is 42.5 Å². The Morgan fingerprint density at radius 3 is 2.12 bits per heavy atom. The molecule has 3 rings (SSSR count). The quantitative estimate of drug-likeness (QED) is 0.639. The minimum Gasteiger partial charge on any atom is -0.459 e. The van der Waals surface area contributed by atoms with Crippen molar-refractivity contribution in [3.05, 3.63) is 58.6 Å². The Hall–Kier alpha value is -2.20. The van der Waals surface area contributed by atoms with E-state index in [2.05, 4.69) is 12.1 Å². The highest BCUT2D eigenvalue weighted by molar-refractivity contribution is 6.30. The molecule has 0 amide bonds. The summed E-state index contributed by atoms with van der Waals surface area (Å²) in [6, 6.07) is 12.8. The number of carbonyl (C=O) groups is 1. The minimum atomic E-state index is -0.357. The molecule has 0 bridgehead atoms. The average molecular weight is 345 g/mol. The van der Waals surface area contributed by atoms with Gasteiger partial charge in [-0.25, -0.2) is 4.79 Å². The van der Waals surface area contributed by atoms with Crippen molar-refractivity contribution < 1.29 is 9.53 Å². The van der Waals surface area contributed by atoms with Gasteiger partial charge < -0.3 is 16.2 Å². The number of nitrogens with two attached hydrogens (primary N) is 2. The van der Waals surface area contributed by atoms with Crippen molar-refractivity contribution in [2.75, 3.05) is 11.5 Å². The van der Waals surface area contributed by atoms with Gasteiger partial charge in [0, 0.05) is 16.4 Å². The van der Waals surface area contributed by atoms with Gasteiger partial charge in [0.2, 0.25) is 0 Å². The predicted octanol–water partition coefficient (Wildman–Crippen LogP) is 4.39. The second-order valence-electron chi connectivity index (χ2n) is 6.32. The van der Waals surface area contributed by atoms with Crippen molar-refractivity contribution in [2.45, 2.75) is 37.7 Å². The SMILES string of the molecule is Nc1cc(N)cc(C(=O)OC2CCC(c3ccc(Cl)cc3)CC2)c1. The van der Waals surface area contributed by atoms with Crippen molar-refractivity contribution in [3.8, 4) is 0 Å². The lowest BCUT2D eigenvalue weighted by molar-refractivity contribution is 0.0195. The van der Waals surface area contributed by atoms with Crippen LogP contribution in [0.4, 0.5) is 11.4 Å². The molecule has 0 atom stereocenters. The Labute approximate surface area is 146 Å². The van der Waals surface area contributed by atoms with Gasteiger partial charge in [-0.2, -0.15) is 0 Å². The normalized spacial score (nSPS) is 20.5. The first-order valence-corrected chi connectivity index (χ1v) is 8.51. The summed E-state index contributed by atoms with van der Waals surface area (Å²) in [7, 11) is 0. The summed E-state index contributed by atoms with van der Waals surface area (Å²) in [4.78, 5) is 12.3. The van der Waals surface area contributed by atoms with Crippen LogP contribution in [0.1, 0.15) is 47.5 Å². The maximum Gasteiger partial charge on any atom is 0.338 e. The van der Waals surface area contributed by atoms with Crippen molar-refractivity contribution in [2.24, 2.45) is 0 Å². The number of anilines is 2. The van der Waals surface area contributed by atoms with E-state index in [1.54, 1.807) is 18.2 Å². The van der Waals surface area contributed by atoms with Crippen LogP contribution in [-0.2, 0) is 4.74 Å². The molecule has 0 saturated heterocycles. The fourth-order valence-electron chi connectivity index (χ4n) is 3.26. The smallest absolute Gasteiger partial charge is 0.338 e. The highest BCUT2D eigenvalue weighted by Gasteiger charge is 2.25.